The fourth-order valence-corrected chi connectivity index (χ4v) is 2.90. The quantitative estimate of drug-likeness (QED) is 0.844. The van der Waals surface area contributed by atoms with Crippen LogP contribution < -0.4 is 5.32 Å². The predicted molar refractivity (Wildman–Crippen MR) is 81.7 cm³/mol. The van der Waals surface area contributed by atoms with Crippen molar-refractivity contribution in [2.45, 2.75) is 38.6 Å². The SMILES string of the molecule is Cc1cccc(C2CC(Nc3ccc(F)c(C)c3)C2)c1. The number of hydrogen-bond acceptors (Lipinski definition) is 1. The molecule has 0 aromatic heterocycles. The van der Waals surface area contributed by atoms with Crippen LogP contribution in [0, 0.1) is 19.7 Å². The average molecular weight is 269 g/mol. The van der Waals surface area contributed by atoms with Crippen LogP contribution >= 0.6 is 0 Å². The van der Waals surface area contributed by atoms with Gasteiger partial charge in [-0.15, -0.1) is 0 Å². The maximum absolute atomic E-state index is 13.2. The Bertz CT molecular complexity index is 615. The zero-order valence-electron chi connectivity index (χ0n) is 12.0. The van der Waals surface area contributed by atoms with Gasteiger partial charge in [0.25, 0.3) is 0 Å². The molecular formula is C18H20FN. The molecule has 2 aromatic carbocycles. The molecule has 3 rings (SSSR count). The van der Waals surface area contributed by atoms with E-state index in [0.29, 0.717) is 17.5 Å². The van der Waals surface area contributed by atoms with Crippen molar-refractivity contribution in [1.29, 1.82) is 0 Å². The topological polar surface area (TPSA) is 12.0 Å². The zero-order chi connectivity index (χ0) is 14.1. The summed E-state index contributed by atoms with van der Waals surface area (Å²) in [6, 6.07) is 14.5. The molecule has 0 aliphatic heterocycles. The molecule has 1 saturated carbocycles. The molecule has 2 heteroatoms. The van der Waals surface area contributed by atoms with E-state index in [9.17, 15) is 4.39 Å². The fraction of sp³-hybridized carbons (Fsp3) is 0.333. The molecule has 0 bridgehead atoms. The van der Waals surface area contributed by atoms with E-state index in [1.807, 2.05) is 12.1 Å². The number of benzene rings is 2. The van der Waals surface area contributed by atoms with Gasteiger partial charge in [-0.1, -0.05) is 29.8 Å². The van der Waals surface area contributed by atoms with E-state index < -0.39 is 0 Å². The first-order valence-electron chi connectivity index (χ1n) is 7.21. The summed E-state index contributed by atoms with van der Waals surface area (Å²) in [5.74, 6) is 0.524. The Labute approximate surface area is 119 Å². The molecular weight excluding hydrogens is 249 g/mol. The lowest BCUT2D eigenvalue weighted by Gasteiger charge is -2.37. The Kier molecular flexibility index (Phi) is 3.47. The number of nitrogens with one attached hydrogen (secondary N) is 1. The molecule has 1 aliphatic carbocycles. The normalized spacial score (nSPS) is 21.4. The van der Waals surface area contributed by atoms with Crippen molar-refractivity contribution in [2.75, 3.05) is 5.32 Å². The summed E-state index contributed by atoms with van der Waals surface area (Å²) in [5, 5.41) is 3.49. The maximum atomic E-state index is 13.2. The van der Waals surface area contributed by atoms with Crippen molar-refractivity contribution in [3.8, 4) is 0 Å². The van der Waals surface area contributed by atoms with Gasteiger partial charge in [0.05, 0.1) is 0 Å². The zero-order valence-corrected chi connectivity index (χ0v) is 12.0. The van der Waals surface area contributed by atoms with Crippen molar-refractivity contribution >= 4 is 5.69 Å². The van der Waals surface area contributed by atoms with Crippen LogP contribution in [0.1, 0.15) is 35.4 Å². The van der Waals surface area contributed by atoms with E-state index in [1.165, 1.54) is 17.2 Å². The van der Waals surface area contributed by atoms with Crippen molar-refractivity contribution in [1.82, 2.24) is 0 Å². The van der Waals surface area contributed by atoms with Crippen LogP contribution in [-0.4, -0.2) is 6.04 Å². The summed E-state index contributed by atoms with van der Waals surface area (Å²) < 4.78 is 13.2. The van der Waals surface area contributed by atoms with Gasteiger partial charge < -0.3 is 5.32 Å². The summed E-state index contributed by atoms with van der Waals surface area (Å²) >= 11 is 0. The van der Waals surface area contributed by atoms with Crippen LogP contribution in [0.2, 0.25) is 0 Å². The minimum Gasteiger partial charge on any atom is -0.382 e. The highest BCUT2D eigenvalue weighted by Crippen LogP contribution is 2.38. The first-order valence-corrected chi connectivity index (χ1v) is 7.21. The van der Waals surface area contributed by atoms with Crippen LogP contribution in [0.5, 0.6) is 0 Å². The summed E-state index contributed by atoms with van der Waals surface area (Å²) in [6.45, 7) is 3.94. The van der Waals surface area contributed by atoms with Crippen LogP contribution in [0.25, 0.3) is 0 Å². The summed E-state index contributed by atoms with van der Waals surface area (Å²) in [6.07, 6.45) is 2.31. The molecule has 1 nitrogen and oxygen atoms in total. The molecule has 1 aliphatic rings. The van der Waals surface area contributed by atoms with Crippen molar-refractivity contribution < 1.29 is 4.39 Å². The number of hydrogen-bond donors (Lipinski definition) is 1. The molecule has 104 valence electrons. The van der Waals surface area contributed by atoms with Crippen LogP contribution in [0.3, 0.4) is 0 Å². The van der Waals surface area contributed by atoms with Gasteiger partial charge in [0.2, 0.25) is 0 Å². The average Bonchev–Trinajstić information content (AvgIpc) is 2.37. The second-order valence-corrected chi connectivity index (χ2v) is 5.89. The summed E-state index contributed by atoms with van der Waals surface area (Å²) in [5.41, 5.74) is 4.49. The van der Waals surface area contributed by atoms with Gasteiger partial charge in [-0.25, -0.2) is 4.39 Å². The molecule has 1 fully saturated rings. The lowest BCUT2D eigenvalue weighted by Crippen LogP contribution is -2.34. The lowest BCUT2D eigenvalue weighted by atomic mass is 9.75. The van der Waals surface area contributed by atoms with Gasteiger partial charge in [0.1, 0.15) is 5.82 Å². The Hall–Kier alpha value is -1.83. The van der Waals surface area contributed by atoms with E-state index >= 15 is 0 Å². The van der Waals surface area contributed by atoms with Crippen LogP contribution in [0.15, 0.2) is 42.5 Å². The number of halogens is 1. The molecule has 20 heavy (non-hydrogen) atoms. The van der Waals surface area contributed by atoms with Gasteiger partial charge in [-0.3, -0.25) is 0 Å². The molecule has 0 saturated heterocycles. The molecule has 0 amide bonds. The Morgan fingerprint density at radius 2 is 1.85 bits per heavy atom. The van der Waals surface area contributed by atoms with Gasteiger partial charge in [-0.05, 0) is 61.9 Å². The minimum atomic E-state index is -0.137. The van der Waals surface area contributed by atoms with Crippen molar-refractivity contribution in [2.24, 2.45) is 0 Å². The Balaban J connectivity index is 1.59. The first kappa shape index (κ1) is 13.2. The monoisotopic (exact) mass is 269 g/mol. The van der Waals surface area contributed by atoms with E-state index in [-0.39, 0.29) is 5.82 Å². The van der Waals surface area contributed by atoms with E-state index in [2.05, 4.69) is 36.5 Å². The third kappa shape index (κ3) is 2.69. The largest absolute Gasteiger partial charge is 0.382 e. The van der Waals surface area contributed by atoms with Gasteiger partial charge >= 0.3 is 0 Å². The molecule has 0 spiro atoms. The van der Waals surface area contributed by atoms with Crippen molar-refractivity contribution in [3.63, 3.8) is 0 Å². The highest BCUT2D eigenvalue weighted by atomic mass is 19.1. The number of rotatable bonds is 3. The van der Waals surface area contributed by atoms with Gasteiger partial charge in [0, 0.05) is 11.7 Å². The molecule has 1 N–H and O–H groups in total. The number of aryl methyl sites for hydroxylation is 2. The second-order valence-electron chi connectivity index (χ2n) is 5.89. The van der Waals surface area contributed by atoms with Gasteiger partial charge in [-0.2, -0.15) is 0 Å². The van der Waals surface area contributed by atoms with E-state index in [4.69, 9.17) is 0 Å². The summed E-state index contributed by atoms with van der Waals surface area (Å²) in [7, 11) is 0. The predicted octanol–water partition coefficient (Wildman–Crippen LogP) is 4.80. The van der Waals surface area contributed by atoms with Gasteiger partial charge in [0.15, 0.2) is 0 Å². The Morgan fingerprint density at radius 3 is 2.55 bits per heavy atom. The van der Waals surface area contributed by atoms with E-state index in [0.717, 1.165) is 18.5 Å². The smallest absolute Gasteiger partial charge is 0.126 e. The first-order chi connectivity index (χ1) is 9.61. The highest BCUT2D eigenvalue weighted by molar-refractivity contribution is 5.47. The maximum Gasteiger partial charge on any atom is 0.126 e. The second kappa shape index (κ2) is 5.28. The minimum absolute atomic E-state index is 0.137. The molecule has 0 heterocycles. The van der Waals surface area contributed by atoms with Crippen LogP contribution in [0.4, 0.5) is 10.1 Å². The third-order valence-electron chi connectivity index (χ3n) is 4.18. The fourth-order valence-electron chi connectivity index (χ4n) is 2.90. The standard InChI is InChI=1S/C18H20FN/c1-12-4-3-5-14(8-12)15-10-17(11-15)20-16-6-7-18(19)13(2)9-16/h3-9,15,17,20H,10-11H2,1-2H3. The lowest BCUT2D eigenvalue weighted by molar-refractivity contribution is 0.374. The van der Waals surface area contributed by atoms with E-state index in [1.54, 1.807) is 6.92 Å². The summed E-state index contributed by atoms with van der Waals surface area (Å²) in [4.78, 5) is 0. The molecule has 2 aromatic rings. The molecule has 0 unspecified atom stereocenters. The molecule has 0 atom stereocenters. The Morgan fingerprint density at radius 1 is 1.05 bits per heavy atom. The third-order valence-corrected chi connectivity index (χ3v) is 4.18. The molecule has 0 radical (unpaired) electrons. The van der Waals surface area contributed by atoms with Crippen molar-refractivity contribution in [3.05, 3.63) is 65.0 Å². The highest BCUT2D eigenvalue weighted by Gasteiger charge is 2.30. The number of anilines is 1. The van der Waals surface area contributed by atoms with Crippen LogP contribution in [-0.2, 0) is 0 Å².